The van der Waals surface area contributed by atoms with Gasteiger partial charge in [-0.3, -0.25) is 19.0 Å². The van der Waals surface area contributed by atoms with Crippen LogP contribution in [0.15, 0.2) is 59.1 Å². The Morgan fingerprint density at radius 2 is 1.02 bits per heavy atom. The van der Waals surface area contributed by atoms with Gasteiger partial charge in [0.25, 0.3) is 6.47 Å². The van der Waals surface area contributed by atoms with E-state index in [1.165, 1.54) is 38.4 Å². The lowest BCUT2D eigenvalue weighted by Gasteiger charge is -2.30. The van der Waals surface area contributed by atoms with Crippen molar-refractivity contribution in [3.63, 3.8) is 0 Å². The van der Waals surface area contributed by atoms with Crippen molar-refractivity contribution in [3.8, 4) is 11.5 Å². The summed E-state index contributed by atoms with van der Waals surface area (Å²) in [7, 11) is -3.96. The van der Waals surface area contributed by atoms with Crippen LogP contribution < -0.4 is 36.1 Å². The first-order valence-electron chi connectivity index (χ1n) is 26.9. The lowest BCUT2D eigenvalue weighted by Crippen LogP contribution is -2.31. The van der Waals surface area contributed by atoms with E-state index in [9.17, 15) is 21.6 Å². The molecule has 4 fully saturated rings. The quantitative estimate of drug-likeness (QED) is 0.0412. The van der Waals surface area contributed by atoms with Gasteiger partial charge in [-0.05, 0) is 164 Å². The van der Waals surface area contributed by atoms with Gasteiger partial charge in [0.05, 0.1) is 57.9 Å². The molecule has 2 aliphatic carbocycles. The molecular formula is C54H70Cl2N14O9S2. The summed E-state index contributed by atoms with van der Waals surface area (Å²) in [5.74, 6) is 3.47. The molecule has 4 aliphatic rings. The summed E-state index contributed by atoms with van der Waals surface area (Å²) in [6.07, 6.45) is 15.6. The fraction of sp³-hybridized carbons (Fsp3) is 0.481. The maximum absolute atomic E-state index is 12.9. The Labute approximate surface area is 482 Å². The van der Waals surface area contributed by atoms with Crippen molar-refractivity contribution < 1.29 is 41.0 Å². The summed E-state index contributed by atoms with van der Waals surface area (Å²) >= 11 is 12.8. The highest BCUT2D eigenvalue weighted by atomic mass is 35.5. The molecule has 81 heavy (non-hydrogen) atoms. The van der Waals surface area contributed by atoms with Crippen LogP contribution in [0.5, 0.6) is 11.5 Å². The number of ether oxygens (including phenoxy) is 2. The van der Waals surface area contributed by atoms with Gasteiger partial charge in [0.15, 0.2) is 11.6 Å². The number of piperidine rings is 2. The molecule has 2 saturated heterocycles. The SMILES string of the molecule is Cc1cc(Nc2ncc(Cl)c(Nc3cn(C)nc3S(=O)(=O)C(C)C)n2)c(OC2CC2)cc1C1CCN(C=O)CC1.Cc1cc(Nc2ncc(Cl)c(Nc3cn(C)nc3S(=O)(=O)C(C)C)n2)c(OC2CC2)cc1C1CCNCC1.O=CO. The predicted octanol–water partition coefficient (Wildman–Crippen LogP) is 9.27. The fourth-order valence-corrected chi connectivity index (χ4v) is 11.8. The molecule has 10 rings (SSSR count). The zero-order valence-corrected chi connectivity index (χ0v) is 49.7. The van der Waals surface area contributed by atoms with Crippen molar-refractivity contribution in [2.24, 2.45) is 14.1 Å². The van der Waals surface area contributed by atoms with Crippen LogP contribution in [0.25, 0.3) is 0 Å². The largest absolute Gasteiger partial charge is 0.488 e. The van der Waals surface area contributed by atoms with Crippen LogP contribution in [0.4, 0.5) is 46.3 Å². The molecule has 0 radical (unpaired) electrons. The normalized spacial score (nSPS) is 16.0. The summed E-state index contributed by atoms with van der Waals surface area (Å²) in [4.78, 5) is 39.1. The molecule has 4 aromatic heterocycles. The second-order valence-electron chi connectivity index (χ2n) is 21.1. The van der Waals surface area contributed by atoms with Crippen LogP contribution in [0, 0.1) is 13.8 Å². The number of hydrogen-bond acceptors (Lipinski definition) is 19. The molecule has 6 heterocycles. The van der Waals surface area contributed by atoms with E-state index in [-0.39, 0.29) is 62.0 Å². The standard InChI is InChI=1S/C27H34ClN7O4S.C26H34ClN7O3S.CH2O2/c1-16(2)40(37,38)26-23(14-34(4)33-26)30-25-21(28)13-29-27(32-25)31-22-11-17(3)20(12-24(22)39-19-5-6-19)18-7-9-35(15-36)10-8-18;1-15(2)38(35,36)25-22(14-34(4)33-25)30-24-20(27)13-29-26(32-24)31-21-11-16(3)19(17-7-9-28-10-8-17)12-23(21)37-18-5-6-18;2-1-3/h11-16,18-19H,5-10H2,1-4H3,(H2,29,30,31,32);11-15,17-18,28H,5-10H2,1-4H3,(H2,29,30,31,32);1H,(H,2,3). The molecule has 2 saturated carbocycles. The highest BCUT2D eigenvalue weighted by Gasteiger charge is 2.32. The molecule has 2 aromatic carbocycles. The molecule has 0 atom stereocenters. The van der Waals surface area contributed by atoms with Gasteiger partial charge in [0.1, 0.15) is 21.5 Å². The number of likely N-dealkylation sites (tertiary alicyclic amines) is 1. The summed E-state index contributed by atoms with van der Waals surface area (Å²) in [6.45, 7) is 13.9. The Morgan fingerprint density at radius 1 is 0.630 bits per heavy atom. The van der Waals surface area contributed by atoms with Gasteiger partial charge in [0, 0.05) is 39.6 Å². The second-order valence-corrected chi connectivity index (χ2v) is 26.8. The van der Waals surface area contributed by atoms with Crippen LogP contribution in [0.3, 0.4) is 0 Å². The van der Waals surface area contributed by atoms with E-state index in [2.05, 4.69) is 88.8 Å². The summed E-state index contributed by atoms with van der Waals surface area (Å²) < 4.78 is 66.9. The number of hydrogen-bond donors (Lipinski definition) is 6. The Hall–Kier alpha value is -6.80. The van der Waals surface area contributed by atoms with Crippen molar-refractivity contribution in [3.05, 3.63) is 81.4 Å². The topological polar surface area (TPSA) is 292 Å². The first kappa shape index (κ1) is 60.3. The van der Waals surface area contributed by atoms with Crippen molar-refractivity contribution >= 4 is 102 Å². The maximum Gasteiger partial charge on any atom is 0.290 e. The molecule has 27 heteroatoms. The monoisotopic (exact) mass is 1190 g/mol. The third kappa shape index (κ3) is 15.0. The molecule has 0 unspecified atom stereocenters. The van der Waals surface area contributed by atoms with Gasteiger partial charge in [-0.1, -0.05) is 23.2 Å². The van der Waals surface area contributed by atoms with E-state index >= 15 is 0 Å². The molecule has 0 spiro atoms. The minimum atomic E-state index is -3.65. The van der Waals surface area contributed by atoms with Crippen LogP contribution >= 0.6 is 23.2 Å². The minimum absolute atomic E-state index is 0.0524. The zero-order valence-electron chi connectivity index (χ0n) is 46.5. The Bertz CT molecular complexity index is 3450. The highest BCUT2D eigenvalue weighted by molar-refractivity contribution is 7.92. The molecular weight excluding hydrogens is 1120 g/mol. The molecule has 6 N–H and O–H groups in total. The van der Waals surface area contributed by atoms with Gasteiger partial charge in [-0.25, -0.2) is 26.8 Å². The smallest absolute Gasteiger partial charge is 0.290 e. The average Bonchev–Trinajstić information content (AvgIpc) is 4.41. The Morgan fingerprint density at radius 3 is 1.40 bits per heavy atom. The number of rotatable bonds is 19. The number of aromatic nitrogens is 8. The van der Waals surface area contributed by atoms with E-state index in [0.29, 0.717) is 23.5 Å². The van der Waals surface area contributed by atoms with E-state index in [0.717, 1.165) is 112 Å². The predicted molar refractivity (Wildman–Crippen MR) is 311 cm³/mol. The third-order valence-electron chi connectivity index (χ3n) is 14.1. The molecule has 0 bridgehead atoms. The molecule has 2 aliphatic heterocycles. The molecule has 23 nitrogen and oxygen atoms in total. The van der Waals surface area contributed by atoms with Crippen molar-refractivity contribution in [2.45, 2.75) is 138 Å². The van der Waals surface area contributed by atoms with Crippen LogP contribution in [-0.2, 0) is 43.4 Å². The molecule has 6 aromatic rings. The maximum atomic E-state index is 12.9. The Kier molecular flexibility index (Phi) is 19.3. The number of amides is 1. The lowest BCUT2D eigenvalue weighted by molar-refractivity contribution is -0.123. The summed E-state index contributed by atoms with van der Waals surface area (Å²) in [6, 6.07) is 8.40. The van der Waals surface area contributed by atoms with Crippen LogP contribution in [0.2, 0.25) is 10.0 Å². The van der Waals surface area contributed by atoms with E-state index in [1.807, 2.05) is 11.0 Å². The summed E-state index contributed by atoms with van der Waals surface area (Å²) in [5.41, 5.74) is 6.94. The number of carbonyl (C=O) groups is 2. The number of aryl methyl sites for hydroxylation is 4. The third-order valence-corrected chi connectivity index (χ3v) is 18.8. The van der Waals surface area contributed by atoms with Crippen molar-refractivity contribution in [1.82, 2.24) is 49.7 Å². The lowest BCUT2D eigenvalue weighted by atomic mass is 9.86. The van der Waals surface area contributed by atoms with E-state index in [4.69, 9.17) is 42.6 Å². The number of sulfone groups is 2. The van der Waals surface area contributed by atoms with Crippen molar-refractivity contribution in [1.29, 1.82) is 0 Å². The van der Waals surface area contributed by atoms with Crippen LogP contribution in [-0.4, -0.2) is 128 Å². The number of benzene rings is 2. The highest BCUT2D eigenvalue weighted by Crippen LogP contribution is 2.42. The number of carbonyl (C=O) groups excluding carboxylic acids is 1. The molecule has 436 valence electrons. The first-order chi connectivity index (χ1) is 38.6. The second kappa shape index (κ2) is 26.0. The van der Waals surface area contributed by atoms with Gasteiger partial charge >= 0.3 is 0 Å². The number of carboxylic acid groups (broad SMARTS) is 1. The number of halogens is 2. The number of nitrogens with zero attached hydrogens (tertiary/aromatic N) is 9. The zero-order chi connectivity index (χ0) is 58.3. The van der Waals surface area contributed by atoms with Gasteiger partial charge in [-0.2, -0.15) is 20.2 Å². The van der Waals surface area contributed by atoms with Crippen LogP contribution in [0.1, 0.15) is 113 Å². The summed E-state index contributed by atoms with van der Waals surface area (Å²) in [5, 5.41) is 30.4. The van der Waals surface area contributed by atoms with E-state index < -0.39 is 30.2 Å². The first-order valence-corrected chi connectivity index (χ1v) is 30.7. The van der Waals surface area contributed by atoms with Gasteiger partial charge in [-0.15, -0.1) is 0 Å². The van der Waals surface area contributed by atoms with Gasteiger partial charge in [0.2, 0.25) is 48.0 Å². The minimum Gasteiger partial charge on any atom is -0.488 e. The van der Waals surface area contributed by atoms with E-state index in [1.54, 1.807) is 54.2 Å². The number of anilines is 8. The fourth-order valence-electron chi connectivity index (χ4n) is 9.36. The molecule has 1 amide bonds. The Balaban J connectivity index is 0.000000203. The average molecular weight is 1190 g/mol. The number of nitrogens with one attached hydrogen (secondary N) is 5. The van der Waals surface area contributed by atoms with Gasteiger partial charge < -0.3 is 46.1 Å². The van der Waals surface area contributed by atoms with Crippen molar-refractivity contribution in [2.75, 3.05) is 47.4 Å².